The lowest BCUT2D eigenvalue weighted by atomic mass is 9.98. The minimum atomic E-state index is -0.0163. The second-order valence-electron chi connectivity index (χ2n) is 7.52. The van der Waals surface area contributed by atoms with Crippen LogP contribution in [0.3, 0.4) is 0 Å². The molecule has 9 heteroatoms. The van der Waals surface area contributed by atoms with E-state index in [1.165, 1.54) is 4.80 Å². The van der Waals surface area contributed by atoms with Crippen molar-refractivity contribution in [2.75, 3.05) is 11.9 Å². The van der Waals surface area contributed by atoms with Gasteiger partial charge < -0.3 is 14.6 Å². The molecule has 0 saturated carbocycles. The monoisotopic (exact) mass is 402 g/mol. The number of hydrogen-bond donors (Lipinski definition) is 1. The number of carbonyl (C=O) groups is 1. The van der Waals surface area contributed by atoms with Crippen LogP contribution in [0.4, 0.5) is 5.82 Å². The lowest BCUT2D eigenvalue weighted by Crippen LogP contribution is -2.50. The average Bonchev–Trinajstić information content (AvgIpc) is 3.47. The smallest absolute Gasteiger partial charge is 0.256 e. The van der Waals surface area contributed by atoms with Crippen LogP contribution in [-0.4, -0.2) is 58.8 Å². The molecule has 1 aliphatic rings. The molecule has 1 aliphatic heterocycles. The first-order chi connectivity index (χ1) is 14.7. The topological polar surface area (TPSA) is 93.2 Å². The van der Waals surface area contributed by atoms with Gasteiger partial charge in [-0.2, -0.15) is 15.0 Å². The minimum absolute atomic E-state index is 0.0163. The van der Waals surface area contributed by atoms with E-state index in [4.69, 9.17) is 0 Å². The van der Waals surface area contributed by atoms with Gasteiger partial charge in [0.05, 0.1) is 36.2 Å². The Balaban J connectivity index is 1.39. The third kappa shape index (κ3) is 3.28. The standard InChI is InChI=1S/C21H22N8O/c1-15-6-7-16(26-20-19-12-22-14-27(19)11-10-23-20)13-28(15)21(30)17-4-2-3-5-18(17)29-24-8-9-25-29/h2-5,8-12,14-16H,6-7,13H2,1H3,(H,23,26)/t15-,16-/m1/s1. The highest BCUT2D eigenvalue weighted by molar-refractivity contribution is 5.98. The van der Waals surface area contributed by atoms with Crippen LogP contribution >= 0.6 is 0 Å². The Kier molecular flexibility index (Phi) is 4.62. The lowest BCUT2D eigenvalue weighted by molar-refractivity contribution is 0.0621. The molecular formula is C21H22N8O. The van der Waals surface area contributed by atoms with Gasteiger partial charge in [0, 0.05) is 31.0 Å². The van der Waals surface area contributed by atoms with E-state index in [2.05, 4.69) is 32.4 Å². The number of fused-ring (bicyclic) bond motifs is 1. The number of carbonyl (C=O) groups excluding carboxylic acids is 1. The third-order valence-electron chi connectivity index (χ3n) is 5.59. The number of nitrogens with one attached hydrogen (secondary N) is 1. The van der Waals surface area contributed by atoms with Gasteiger partial charge in [0.15, 0.2) is 5.82 Å². The van der Waals surface area contributed by atoms with Crippen LogP contribution in [0, 0.1) is 0 Å². The second kappa shape index (κ2) is 7.58. The normalized spacial score (nSPS) is 19.2. The maximum Gasteiger partial charge on any atom is 0.256 e. The maximum absolute atomic E-state index is 13.5. The van der Waals surface area contributed by atoms with Crippen LogP contribution in [0.1, 0.15) is 30.1 Å². The Hall–Kier alpha value is -3.75. The molecule has 1 amide bonds. The third-order valence-corrected chi connectivity index (χ3v) is 5.59. The zero-order chi connectivity index (χ0) is 20.5. The zero-order valence-corrected chi connectivity index (χ0v) is 16.6. The molecule has 1 N–H and O–H groups in total. The number of nitrogens with zero attached hydrogens (tertiary/aromatic N) is 7. The summed E-state index contributed by atoms with van der Waals surface area (Å²) in [6.07, 6.45) is 12.2. The number of piperidine rings is 1. The quantitative estimate of drug-likeness (QED) is 0.564. The SMILES string of the molecule is C[C@@H]1CC[C@@H](Nc2nccn3cncc23)CN1C(=O)c1ccccc1-n1nccn1. The molecular weight excluding hydrogens is 380 g/mol. The van der Waals surface area contributed by atoms with Crippen molar-refractivity contribution < 1.29 is 4.79 Å². The number of rotatable bonds is 4. The predicted octanol–water partition coefficient (Wildman–Crippen LogP) is 2.42. The molecule has 4 heterocycles. The van der Waals surface area contributed by atoms with Gasteiger partial charge in [-0.3, -0.25) is 4.79 Å². The van der Waals surface area contributed by atoms with Crippen molar-refractivity contribution in [3.63, 3.8) is 0 Å². The molecule has 0 spiro atoms. The number of anilines is 1. The summed E-state index contributed by atoms with van der Waals surface area (Å²) >= 11 is 0. The van der Waals surface area contributed by atoms with Gasteiger partial charge in [0.2, 0.25) is 0 Å². The van der Waals surface area contributed by atoms with Gasteiger partial charge in [-0.05, 0) is 31.9 Å². The van der Waals surface area contributed by atoms with Crippen LogP contribution in [-0.2, 0) is 0 Å². The Morgan fingerprint density at radius 2 is 1.97 bits per heavy atom. The van der Waals surface area contributed by atoms with E-state index in [0.29, 0.717) is 17.8 Å². The van der Waals surface area contributed by atoms with E-state index in [1.807, 2.05) is 39.8 Å². The second-order valence-corrected chi connectivity index (χ2v) is 7.52. The number of benzene rings is 1. The number of amides is 1. The molecule has 0 radical (unpaired) electrons. The molecule has 30 heavy (non-hydrogen) atoms. The van der Waals surface area contributed by atoms with E-state index in [0.717, 1.165) is 24.2 Å². The number of likely N-dealkylation sites (tertiary alicyclic amines) is 1. The summed E-state index contributed by atoms with van der Waals surface area (Å²) in [5, 5.41) is 11.9. The molecule has 4 aromatic rings. The van der Waals surface area contributed by atoms with E-state index in [9.17, 15) is 4.79 Å². The Morgan fingerprint density at radius 3 is 2.83 bits per heavy atom. The summed E-state index contributed by atoms with van der Waals surface area (Å²) in [7, 11) is 0. The molecule has 9 nitrogen and oxygen atoms in total. The molecule has 5 rings (SSSR count). The first kappa shape index (κ1) is 18.3. The molecule has 3 aromatic heterocycles. The van der Waals surface area contributed by atoms with E-state index in [-0.39, 0.29) is 18.0 Å². The highest BCUT2D eigenvalue weighted by Crippen LogP contribution is 2.25. The average molecular weight is 402 g/mol. The fourth-order valence-corrected chi connectivity index (χ4v) is 3.99. The highest BCUT2D eigenvalue weighted by Gasteiger charge is 2.31. The van der Waals surface area contributed by atoms with Crippen molar-refractivity contribution in [1.82, 2.24) is 34.3 Å². The van der Waals surface area contributed by atoms with E-state index in [1.54, 1.807) is 31.1 Å². The van der Waals surface area contributed by atoms with Crippen molar-refractivity contribution in [3.8, 4) is 5.69 Å². The van der Waals surface area contributed by atoms with Gasteiger partial charge in [0.1, 0.15) is 5.52 Å². The van der Waals surface area contributed by atoms with Crippen LogP contribution in [0.5, 0.6) is 0 Å². The maximum atomic E-state index is 13.5. The van der Waals surface area contributed by atoms with Crippen LogP contribution < -0.4 is 5.32 Å². The number of hydrogen-bond acceptors (Lipinski definition) is 6. The molecule has 1 fully saturated rings. The molecule has 152 valence electrons. The molecule has 1 saturated heterocycles. The highest BCUT2D eigenvalue weighted by atomic mass is 16.2. The zero-order valence-electron chi connectivity index (χ0n) is 16.6. The van der Waals surface area contributed by atoms with Gasteiger partial charge in [0.25, 0.3) is 5.91 Å². The Labute approximate surface area is 173 Å². The Morgan fingerprint density at radius 1 is 1.13 bits per heavy atom. The van der Waals surface area contributed by atoms with Crippen LogP contribution in [0.25, 0.3) is 11.2 Å². The number of imidazole rings is 1. The van der Waals surface area contributed by atoms with Crippen molar-refractivity contribution in [1.29, 1.82) is 0 Å². The predicted molar refractivity (Wildman–Crippen MR) is 111 cm³/mol. The number of aromatic nitrogens is 6. The van der Waals surface area contributed by atoms with Gasteiger partial charge >= 0.3 is 0 Å². The fraction of sp³-hybridized carbons (Fsp3) is 0.286. The summed E-state index contributed by atoms with van der Waals surface area (Å²) in [6, 6.07) is 7.70. The van der Waals surface area contributed by atoms with Crippen molar-refractivity contribution in [2.24, 2.45) is 0 Å². The van der Waals surface area contributed by atoms with Gasteiger partial charge in [-0.25, -0.2) is 9.97 Å². The van der Waals surface area contributed by atoms with Crippen molar-refractivity contribution in [3.05, 3.63) is 67.1 Å². The number of para-hydroxylation sites is 1. The summed E-state index contributed by atoms with van der Waals surface area (Å²) in [5.74, 6) is 0.764. The van der Waals surface area contributed by atoms with Crippen LogP contribution in [0.2, 0.25) is 0 Å². The van der Waals surface area contributed by atoms with Gasteiger partial charge in [-0.15, -0.1) is 0 Å². The van der Waals surface area contributed by atoms with Crippen LogP contribution in [0.15, 0.2) is 61.6 Å². The molecule has 0 aliphatic carbocycles. The summed E-state index contributed by atoms with van der Waals surface area (Å²) in [6.45, 7) is 2.69. The fourth-order valence-electron chi connectivity index (χ4n) is 3.99. The molecule has 0 unspecified atom stereocenters. The summed E-state index contributed by atoms with van der Waals surface area (Å²) in [4.78, 5) is 25.6. The molecule has 2 atom stereocenters. The van der Waals surface area contributed by atoms with E-state index < -0.39 is 0 Å². The largest absolute Gasteiger partial charge is 0.364 e. The van der Waals surface area contributed by atoms with E-state index >= 15 is 0 Å². The molecule has 0 bridgehead atoms. The first-order valence-electron chi connectivity index (χ1n) is 10.0. The molecule has 1 aromatic carbocycles. The van der Waals surface area contributed by atoms with Crippen molar-refractivity contribution in [2.45, 2.75) is 31.8 Å². The first-order valence-corrected chi connectivity index (χ1v) is 10.0. The summed E-state index contributed by atoms with van der Waals surface area (Å²) < 4.78 is 1.93. The van der Waals surface area contributed by atoms with Crippen molar-refractivity contribution >= 4 is 17.2 Å². The minimum Gasteiger partial charge on any atom is -0.364 e. The lowest BCUT2D eigenvalue weighted by Gasteiger charge is -2.38. The summed E-state index contributed by atoms with van der Waals surface area (Å²) in [5.41, 5.74) is 2.20. The Bertz CT molecular complexity index is 1170. The van der Waals surface area contributed by atoms with Gasteiger partial charge in [-0.1, -0.05) is 12.1 Å².